The molecule has 1 heterocycles. The first-order valence-electron chi connectivity index (χ1n) is 7.02. The Kier molecular flexibility index (Phi) is 4.35. The van der Waals surface area contributed by atoms with E-state index in [4.69, 9.17) is 4.42 Å². The van der Waals surface area contributed by atoms with Crippen LogP contribution in [0, 0.1) is 5.82 Å². The Hall–Kier alpha value is -1.36. The number of rotatable bonds is 4. The molecule has 0 saturated heterocycles. The Morgan fingerprint density at radius 2 is 1.85 bits per heavy atom. The van der Waals surface area contributed by atoms with E-state index in [1.54, 1.807) is 12.1 Å². The molecule has 0 amide bonds. The van der Waals surface area contributed by atoms with Crippen molar-refractivity contribution in [3.8, 4) is 0 Å². The zero-order chi connectivity index (χ0) is 13.8. The van der Waals surface area contributed by atoms with Crippen LogP contribution in [0.4, 0.5) is 4.39 Å². The molecule has 0 spiro atoms. The number of benzene rings is 1. The van der Waals surface area contributed by atoms with Crippen molar-refractivity contribution in [3.63, 3.8) is 0 Å². The topological polar surface area (TPSA) is 38.9 Å². The number of aromatic nitrogens is 2. The fourth-order valence-electron chi connectivity index (χ4n) is 2.52. The molecule has 106 valence electrons. The van der Waals surface area contributed by atoms with Crippen LogP contribution in [-0.2, 0) is 5.75 Å². The van der Waals surface area contributed by atoms with Crippen molar-refractivity contribution in [2.24, 2.45) is 0 Å². The predicted octanol–water partition coefficient (Wildman–Crippen LogP) is 4.55. The maximum Gasteiger partial charge on any atom is 0.276 e. The van der Waals surface area contributed by atoms with Crippen LogP contribution in [0.5, 0.6) is 0 Å². The van der Waals surface area contributed by atoms with Gasteiger partial charge in [-0.1, -0.05) is 43.2 Å². The summed E-state index contributed by atoms with van der Waals surface area (Å²) in [5.74, 6) is 1.73. The molecule has 2 aromatic rings. The summed E-state index contributed by atoms with van der Waals surface area (Å²) in [5.41, 5.74) is 1.05. The third-order valence-corrected chi connectivity index (χ3v) is 4.54. The average molecular weight is 292 g/mol. The van der Waals surface area contributed by atoms with E-state index in [1.165, 1.54) is 43.2 Å². The van der Waals surface area contributed by atoms with Crippen molar-refractivity contribution in [2.75, 3.05) is 0 Å². The van der Waals surface area contributed by atoms with E-state index in [2.05, 4.69) is 10.2 Å². The summed E-state index contributed by atoms with van der Waals surface area (Å²) in [6.07, 6.45) is 6.14. The summed E-state index contributed by atoms with van der Waals surface area (Å²) in [7, 11) is 0. The second kappa shape index (κ2) is 6.39. The molecular weight excluding hydrogens is 275 g/mol. The van der Waals surface area contributed by atoms with Crippen LogP contribution in [0.2, 0.25) is 0 Å². The second-order valence-electron chi connectivity index (χ2n) is 5.16. The molecule has 1 fully saturated rings. The van der Waals surface area contributed by atoms with Gasteiger partial charge in [-0.05, 0) is 30.5 Å². The molecule has 0 aliphatic heterocycles. The molecule has 20 heavy (non-hydrogen) atoms. The fourth-order valence-corrected chi connectivity index (χ4v) is 3.24. The molecule has 5 heteroatoms. The summed E-state index contributed by atoms with van der Waals surface area (Å²) in [5, 5.41) is 8.87. The maximum atomic E-state index is 12.8. The van der Waals surface area contributed by atoms with Gasteiger partial charge in [-0.25, -0.2) is 4.39 Å². The zero-order valence-corrected chi connectivity index (χ0v) is 12.0. The molecule has 1 aliphatic carbocycles. The van der Waals surface area contributed by atoms with Crippen molar-refractivity contribution in [3.05, 3.63) is 41.5 Å². The summed E-state index contributed by atoms with van der Waals surface area (Å²) < 4.78 is 18.5. The minimum atomic E-state index is -0.212. The van der Waals surface area contributed by atoms with Gasteiger partial charge in [0.1, 0.15) is 5.82 Å². The first-order chi connectivity index (χ1) is 9.81. The molecule has 0 unspecified atom stereocenters. The van der Waals surface area contributed by atoms with Crippen molar-refractivity contribution in [1.82, 2.24) is 10.2 Å². The molecule has 0 N–H and O–H groups in total. The van der Waals surface area contributed by atoms with E-state index in [0.717, 1.165) is 24.3 Å². The average Bonchev–Trinajstić information content (AvgIpc) is 2.97. The van der Waals surface area contributed by atoms with Crippen molar-refractivity contribution < 1.29 is 8.81 Å². The summed E-state index contributed by atoms with van der Waals surface area (Å²) >= 11 is 1.50. The van der Waals surface area contributed by atoms with Crippen LogP contribution in [-0.4, -0.2) is 10.2 Å². The normalized spacial score (nSPS) is 16.4. The van der Waals surface area contributed by atoms with E-state index < -0.39 is 0 Å². The number of nitrogens with zero attached hydrogens (tertiary/aromatic N) is 2. The van der Waals surface area contributed by atoms with Gasteiger partial charge in [-0.15, -0.1) is 10.2 Å². The Morgan fingerprint density at radius 1 is 1.10 bits per heavy atom. The second-order valence-corrected chi connectivity index (χ2v) is 6.08. The van der Waals surface area contributed by atoms with Gasteiger partial charge in [0.25, 0.3) is 5.22 Å². The molecule has 3 rings (SSSR count). The van der Waals surface area contributed by atoms with E-state index in [0.29, 0.717) is 16.9 Å². The summed E-state index contributed by atoms with van der Waals surface area (Å²) in [6, 6.07) is 6.50. The summed E-state index contributed by atoms with van der Waals surface area (Å²) in [6.45, 7) is 0. The lowest BCUT2D eigenvalue weighted by molar-refractivity contribution is 0.334. The molecular formula is C15H17FN2OS. The highest BCUT2D eigenvalue weighted by atomic mass is 32.2. The maximum absolute atomic E-state index is 12.8. The van der Waals surface area contributed by atoms with Crippen LogP contribution in [0.25, 0.3) is 0 Å². The van der Waals surface area contributed by atoms with Gasteiger partial charge in [0, 0.05) is 11.7 Å². The third kappa shape index (κ3) is 3.39. The van der Waals surface area contributed by atoms with Crippen molar-refractivity contribution in [2.45, 2.75) is 49.0 Å². The molecule has 3 nitrogen and oxygen atoms in total. The monoisotopic (exact) mass is 292 g/mol. The first-order valence-corrected chi connectivity index (χ1v) is 8.00. The lowest BCUT2D eigenvalue weighted by atomic mass is 9.89. The number of thioether (sulfide) groups is 1. The smallest absolute Gasteiger partial charge is 0.276 e. The van der Waals surface area contributed by atoms with Crippen LogP contribution in [0.15, 0.2) is 33.9 Å². The molecule has 1 aromatic carbocycles. The predicted molar refractivity (Wildman–Crippen MR) is 76.1 cm³/mol. The third-order valence-electron chi connectivity index (χ3n) is 3.65. The lowest BCUT2D eigenvalue weighted by Crippen LogP contribution is -2.04. The zero-order valence-electron chi connectivity index (χ0n) is 11.2. The highest BCUT2D eigenvalue weighted by molar-refractivity contribution is 7.98. The van der Waals surface area contributed by atoms with Crippen LogP contribution in [0.3, 0.4) is 0 Å². The number of halogens is 1. The number of hydrogen-bond donors (Lipinski definition) is 0. The van der Waals surface area contributed by atoms with Crippen molar-refractivity contribution >= 4 is 11.8 Å². The van der Waals surface area contributed by atoms with Crippen LogP contribution < -0.4 is 0 Å². The van der Waals surface area contributed by atoms with Gasteiger partial charge in [-0.3, -0.25) is 0 Å². The largest absolute Gasteiger partial charge is 0.416 e. The fraction of sp³-hybridized carbons (Fsp3) is 0.467. The molecule has 0 atom stereocenters. The van der Waals surface area contributed by atoms with Gasteiger partial charge in [0.15, 0.2) is 0 Å². The minimum absolute atomic E-state index is 0.212. The number of hydrogen-bond acceptors (Lipinski definition) is 4. The summed E-state index contributed by atoms with van der Waals surface area (Å²) in [4.78, 5) is 0. The standard InChI is InChI=1S/C15H17FN2OS/c16-13-8-6-11(7-9-13)10-20-15-18-17-14(19-15)12-4-2-1-3-5-12/h6-9,12H,1-5,10H2. The molecule has 1 saturated carbocycles. The van der Waals surface area contributed by atoms with Crippen LogP contribution >= 0.6 is 11.8 Å². The Balaban J connectivity index is 1.58. The van der Waals surface area contributed by atoms with E-state index in [-0.39, 0.29) is 5.82 Å². The van der Waals surface area contributed by atoms with Gasteiger partial charge < -0.3 is 4.42 Å². The SMILES string of the molecule is Fc1ccc(CSc2nnc(C3CCCCC3)o2)cc1. The van der Waals surface area contributed by atoms with E-state index in [9.17, 15) is 4.39 Å². The van der Waals surface area contributed by atoms with E-state index in [1.807, 2.05) is 0 Å². The molecule has 0 radical (unpaired) electrons. The molecule has 0 bridgehead atoms. The van der Waals surface area contributed by atoms with Gasteiger partial charge >= 0.3 is 0 Å². The highest BCUT2D eigenvalue weighted by Gasteiger charge is 2.21. The molecule has 1 aromatic heterocycles. The van der Waals surface area contributed by atoms with Gasteiger partial charge in [-0.2, -0.15) is 0 Å². The lowest BCUT2D eigenvalue weighted by Gasteiger charge is -2.17. The quantitative estimate of drug-likeness (QED) is 0.775. The molecule has 1 aliphatic rings. The Bertz CT molecular complexity index is 549. The Labute approximate surface area is 122 Å². The van der Waals surface area contributed by atoms with Crippen LogP contribution in [0.1, 0.15) is 49.5 Å². The van der Waals surface area contributed by atoms with Gasteiger partial charge in [0.05, 0.1) is 0 Å². The minimum Gasteiger partial charge on any atom is -0.416 e. The highest BCUT2D eigenvalue weighted by Crippen LogP contribution is 2.33. The van der Waals surface area contributed by atoms with Gasteiger partial charge in [0.2, 0.25) is 5.89 Å². The van der Waals surface area contributed by atoms with E-state index >= 15 is 0 Å². The van der Waals surface area contributed by atoms with Crippen molar-refractivity contribution in [1.29, 1.82) is 0 Å². The Morgan fingerprint density at radius 3 is 2.60 bits per heavy atom. The first kappa shape index (κ1) is 13.6.